The van der Waals surface area contributed by atoms with Gasteiger partial charge in [0.2, 0.25) is 29.5 Å². The van der Waals surface area contributed by atoms with Crippen molar-refractivity contribution < 1.29 is 48.9 Å². The zero-order chi connectivity index (χ0) is 41.1. The van der Waals surface area contributed by atoms with E-state index in [1.807, 2.05) is 13.8 Å². The lowest BCUT2D eigenvalue weighted by Gasteiger charge is -2.29. The second-order valence-electron chi connectivity index (χ2n) is 13.8. The number of guanidine groups is 1. The predicted octanol–water partition coefficient (Wildman–Crippen LogP) is -1.72. The van der Waals surface area contributed by atoms with Crippen LogP contribution >= 0.6 is 0 Å². The molecule has 1 aromatic carbocycles. The molecular formula is C35H57N9O10. The van der Waals surface area contributed by atoms with E-state index < -0.39 is 103 Å². The highest BCUT2D eigenvalue weighted by molar-refractivity contribution is 5.96. The quantitative estimate of drug-likeness (QED) is 0.0317. The van der Waals surface area contributed by atoms with Crippen LogP contribution in [0.2, 0.25) is 0 Å². The van der Waals surface area contributed by atoms with Crippen molar-refractivity contribution in [2.75, 3.05) is 6.54 Å². The Morgan fingerprint density at radius 2 is 1.26 bits per heavy atom. The van der Waals surface area contributed by atoms with Crippen LogP contribution in [0.15, 0.2) is 30.3 Å². The topological polar surface area (TPSA) is 328 Å². The van der Waals surface area contributed by atoms with Gasteiger partial charge in [0.05, 0.1) is 12.1 Å². The summed E-state index contributed by atoms with van der Waals surface area (Å²) >= 11 is 0. The molecule has 0 aliphatic carbocycles. The number of carbonyl (C=O) groups excluding carboxylic acids is 5. The van der Waals surface area contributed by atoms with Gasteiger partial charge in [-0.25, -0.2) is 4.79 Å². The zero-order valence-corrected chi connectivity index (χ0v) is 31.4. The van der Waals surface area contributed by atoms with Gasteiger partial charge in [0.25, 0.3) is 0 Å². The molecule has 1 rings (SSSR count). The van der Waals surface area contributed by atoms with Crippen LogP contribution in [0.4, 0.5) is 0 Å². The second-order valence-corrected chi connectivity index (χ2v) is 13.8. The van der Waals surface area contributed by atoms with Crippen LogP contribution in [0.25, 0.3) is 0 Å². The molecule has 5 amide bonds. The molecule has 1 aromatic rings. The minimum Gasteiger partial charge on any atom is -0.481 e. The Bertz CT molecular complexity index is 1440. The van der Waals surface area contributed by atoms with E-state index in [9.17, 15) is 48.9 Å². The first-order valence-corrected chi connectivity index (χ1v) is 17.7. The minimum atomic E-state index is -1.51. The maximum Gasteiger partial charge on any atom is 0.326 e. The van der Waals surface area contributed by atoms with Crippen molar-refractivity contribution in [3.05, 3.63) is 35.9 Å². The van der Waals surface area contributed by atoms with E-state index in [0.717, 1.165) is 0 Å². The van der Waals surface area contributed by atoms with Crippen molar-refractivity contribution in [2.24, 2.45) is 23.3 Å². The summed E-state index contributed by atoms with van der Waals surface area (Å²) < 4.78 is 0. The summed E-state index contributed by atoms with van der Waals surface area (Å²) in [6.45, 7) is 8.35. The third-order valence-corrected chi connectivity index (χ3v) is 8.17. The van der Waals surface area contributed by atoms with Crippen LogP contribution < -0.4 is 43.4 Å². The first-order chi connectivity index (χ1) is 25.2. The van der Waals surface area contributed by atoms with Crippen molar-refractivity contribution in [3.8, 4) is 0 Å². The first-order valence-electron chi connectivity index (χ1n) is 17.7. The van der Waals surface area contributed by atoms with Gasteiger partial charge in [-0.05, 0) is 50.0 Å². The molecule has 54 heavy (non-hydrogen) atoms. The highest BCUT2D eigenvalue weighted by atomic mass is 16.4. The van der Waals surface area contributed by atoms with E-state index in [4.69, 9.17) is 16.9 Å². The van der Waals surface area contributed by atoms with Crippen molar-refractivity contribution >= 4 is 47.4 Å². The third kappa shape index (κ3) is 17.5. The maximum atomic E-state index is 13.8. The van der Waals surface area contributed by atoms with Gasteiger partial charge < -0.3 is 58.7 Å². The van der Waals surface area contributed by atoms with Crippen LogP contribution in [-0.2, 0) is 40.0 Å². The Morgan fingerprint density at radius 1 is 0.722 bits per heavy atom. The van der Waals surface area contributed by atoms with Crippen molar-refractivity contribution in [3.63, 3.8) is 0 Å². The lowest BCUT2D eigenvalue weighted by molar-refractivity contribution is -0.143. The van der Waals surface area contributed by atoms with Crippen LogP contribution in [0.3, 0.4) is 0 Å². The summed E-state index contributed by atoms with van der Waals surface area (Å²) in [6.07, 6.45) is -2.00. The second kappa shape index (κ2) is 23.4. The standard InChI is InChI=1S/C35H57N9O10/c1-18(2)16-22(36)29(48)44-28(20(5)45)33(52)42-25(17-21-10-7-6-8-11-21)31(50)43-27(19(3)4)32(51)40-23(13-14-26(46)47)30(49)41-24(34(53)54)12-9-15-39-35(37)38/h6-8,10-11,18-20,22-25,27-28,45H,9,12-17,36H2,1-5H3,(H,40,51)(H,41,49)(H,42,52)(H,43,50)(H,44,48)(H,46,47)(H,53,54)(H4,37,38,39)/t20-,22+,23+,24+,25+,27+,28+/m1/s1. The summed E-state index contributed by atoms with van der Waals surface area (Å²) in [5, 5.41) is 51.4. The number of amides is 5. The number of hydrogen-bond donors (Lipinski definition) is 12. The number of aliphatic carboxylic acids is 2. The fraction of sp³-hybridized carbons (Fsp3) is 0.600. The highest BCUT2D eigenvalue weighted by Gasteiger charge is 2.35. The molecule has 0 fully saturated rings. The number of carbonyl (C=O) groups is 7. The fourth-order valence-electron chi connectivity index (χ4n) is 5.25. The average Bonchev–Trinajstić information content (AvgIpc) is 3.07. The molecule has 0 spiro atoms. The summed E-state index contributed by atoms with van der Waals surface area (Å²) in [6, 6.07) is 0.536. The molecule has 0 heterocycles. The van der Waals surface area contributed by atoms with Gasteiger partial charge in [-0.15, -0.1) is 0 Å². The third-order valence-electron chi connectivity index (χ3n) is 8.17. The molecular weight excluding hydrogens is 706 g/mol. The molecule has 14 N–H and O–H groups in total. The number of benzene rings is 1. The number of carboxylic acids is 2. The number of carboxylic acid groups (broad SMARTS) is 2. The first kappa shape index (κ1) is 46.7. The van der Waals surface area contributed by atoms with Gasteiger partial charge in [-0.1, -0.05) is 58.0 Å². The van der Waals surface area contributed by atoms with Gasteiger partial charge in [0, 0.05) is 19.4 Å². The highest BCUT2D eigenvalue weighted by Crippen LogP contribution is 2.10. The van der Waals surface area contributed by atoms with Gasteiger partial charge >= 0.3 is 11.9 Å². The van der Waals surface area contributed by atoms with Gasteiger partial charge in [0.1, 0.15) is 30.2 Å². The lowest BCUT2D eigenvalue weighted by Crippen LogP contribution is -2.61. The van der Waals surface area contributed by atoms with E-state index in [-0.39, 0.29) is 37.7 Å². The van der Waals surface area contributed by atoms with E-state index in [1.165, 1.54) is 6.92 Å². The average molecular weight is 764 g/mol. The molecule has 7 atom stereocenters. The molecule has 0 saturated heterocycles. The minimum absolute atomic E-state index is 0.0691. The Hall–Kier alpha value is -5.30. The number of rotatable bonds is 24. The molecule has 0 aromatic heterocycles. The molecule has 0 saturated carbocycles. The van der Waals surface area contributed by atoms with E-state index >= 15 is 0 Å². The molecule has 0 radical (unpaired) electrons. The fourth-order valence-corrected chi connectivity index (χ4v) is 5.25. The van der Waals surface area contributed by atoms with Crippen molar-refractivity contribution in [1.29, 1.82) is 5.41 Å². The Morgan fingerprint density at radius 3 is 1.78 bits per heavy atom. The van der Waals surface area contributed by atoms with Crippen LogP contribution in [0.1, 0.15) is 72.3 Å². The number of hydrogen-bond acceptors (Lipinski definition) is 10. The van der Waals surface area contributed by atoms with Crippen LogP contribution in [-0.4, -0.2) is 112 Å². The number of aliphatic hydroxyl groups excluding tert-OH is 1. The van der Waals surface area contributed by atoms with Crippen molar-refractivity contribution in [2.45, 2.75) is 115 Å². The summed E-state index contributed by atoms with van der Waals surface area (Å²) in [7, 11) is 0. The Labute approximate surface area is 314 Å². The van der Waals surface area contributed by atoms with Crippen molar-refractivity contribution in [1.82, 2.24) is 31.9 Å². The van der Waals surface area contributed by atoms with Gasteiger partial charge in [0.15, 0.2) is 5.96 Å². The normalized spacial score (nSPS) is 15.0. The molecule has 19 heteroatoms. The molecule has 0 bridgehead atoms. The molecule has 302 valence electrons. The van der Waals surface area contributed by atoms with E-state index in [0.29, 0.717) is 12.0 Å². The van der Waals surface area contributed by atoms with Crippen LogP contribution in [0, 0.1) is 17.2 Å². The smallest absolute Gasteiger partial charge is 0.326 e. The maximum absolute atomic E-state index is 13.8. The van der Waals surface area contributed by atoms with Gasteiger partial charge in [-0.2, -0.15) is 0 Å². The Kier molecular flexibility index (Phi) is 20.2. The van der Waals surface area contributed by atoms with E-state index in [2.05, 4.69) is 31.9 Å². The van der Waals surface area contributed by atoms with Gasteiger partial charge in [-0.3, -0.25) is 34.2 Å². The predicted molar refractivity (Wildman–Crippen MR) is 197 cm³/mol. The monoisotopic (exact) mass is 763 g/mol. The number of nitrogens with two attached hydrogens (primary N) is 2. The Balaban J connectivity index is 3.29. The zero-order valence-electron chi connectivity index (χ0n) is 31.4. The number of nitrogens with one attached hydrogen (secondary N) is 7. The summed E-state index contributed by atoms with van der Waals surface area (Å²) in [5.41, 5.74) is 11.8. The SMILES string of the molecule is CC(C)C[C@H](N)C(=O)N[C@H](C(=O)N[C@@H](Cc1ccccc1)C(=O)N[C@H](C(=O)N[C@@H](CCC(=O)O)C(=O)N[C@@H](CCCNC(=N)N)C(=O)O)C(C)C)[C@@H](C)O. The summed E-state index contributed by atoms with van der Waals surface area (Å²) in [5.74, 6) is -7.79. The largest absolute Gasteiger partial charge is 0.481 e. The molecule has 0 aliphatic rings. The molecule has 0 aliphatic heterocycles. The molecule has 19 nitrogen and oxygen atoms in total. The molecule has 0 unspecified atom stereocenters. The van der Waals surface area contributed by atoms with E-state index in [1.54, 1.807) is 44.2 Å². The lowest BCUT2D eigenvalue weighted by atomic mass is 9.99. The van der Waals surface area contributed by atoms with Crippen LogP contribution in [0.5, 0.6) is 0 Å². The number of aliphatic hydroxyl groups is 1. The summed E-state index contributed by atoms with van der Waals surface area (Å²) in [4.78, 5) is 90.2.